The first-order chi connectivity index (χ1) is 15.2. The summed E-state index contributed by atoms with van der Waals surface area (Å²) in [6.45, 7) is 4.53. The Labute approximate surface area is 193 Å². The smallest absolute Gasteiger partial charge is 0.264 e. The Morgan fingerprint density at radius 1 is 1.03 bits per heavy atom. The van der Waals surface area contributed by atoms with Gasteiger partial charge in [-0.25, -0.2) is 12.7 Å². The van der Waals surface area contributed by atoms with Gasteiger partial charge in [0.25, 0.3) is 5.91 Å². The van der Waals surface area contributed by atoms with E-state index in [1.807, 2.05) is 18.4 Å². The summed E-state index contributed by atoms with van der Waals surface area (Å²) in [6, 6.07) is 8.44. The fraction of sp³-hybridized carbons (Fsp3) is 0.429. The Hall–Kier alpha value is -2.63. The fourth-order valence-corrected chi connectivity index (χ4v) is 5.00. The monoisotopic (exact) mass is 479 g/mol. The highest BCUT2D eigenvalue weighted by Crippen LogP contribution is 2.26. The molecule has 11 heteroatoms. The predicted molar refractivity (Wildman–Crippen MR) is 127 cm³/mol. The van der Waals surface area contributed by atoms with Crippen molar-refractivity contribution < 1.29 is 18.0 Å². The van der Waals surface area contributed by atoms with Crippen LogP contribution in [0.25, 0.3) is 0 Å². The number of nitrogens with one attached hydrogen (secondary N) is 2. The van der Waals surface area contributed by atoms with Gasteiger partial charge >= 0.3 is 0 Å². The number of piperazine rings is 1. The number of hydrogen-bond acceptors (Lipinski definition) is 7. The minimum absolute atomic E-state index is 0.000535. The maximum absolute atomic E-state index is 12.8. The maximum atomic E-state index is 12.8. The number of benzene rings is 1. The molecule has 1 saturated heterocycles. The molecule has 0 bridgehead atoms. The molecule has 0 spiro atoms. The molecule has 0 saturated carbocycles. The molecular formula is C21H29N5O4S2. The van der Waals surface area contributed by atoms with Gasteiger partial charge in [0.1, 0.15) is 0 Å². The van der Waals surface area contributed by atoms with E-state index in [0.29, 0.717) is 43.3 Å². The third-order valence-electron chi connectivity index (χ3n) is 5.22. The van der Waals surface area contributed by atoms with Crippen molar-refractivity contribution in [1.82, 2.24) is 14.1 Å². The third kappa shape index (κ3) is 5.40. The first kappa shape index (κ1) is 24.0. The van der Waals surface area contributed by atoms with Crippen molar-refractivity contribution in [2.24, 2.45) is 0 Å². The summed E-state index contributed by atoms with van der Waals surface area (Å²) < 4.78 is 26.1. The molecule has 2 amide bonds. The van der Waals surface area contributed by atoms with Crippen molar-refractivity contribution in [1.29, 1.82) is 0 Å². The number of carbonyl (C=O) groups is 2. The summed E-state index contributed by atoms with van der Waals surface area (Å²) in [5, 5.41) is 8.14. The Morgan fingerprint density at radius 2 is 1.72 bits per heavy atom. The highest BCUT2D eigenvalue weighted by atomic mass is 32.2. The van der Waals surface area contributed by atoms with Crippen LogP contribution in [-0.2, 0) is 14.8 Å². The average Bonchev–Trinajstić information content (AvgIpc) is 3.32. The fourth-order valence-electron chi connectivity index (χ4n) is 3.38. The number of anilines is 2. The van der Waals surface area contributed by atoms with Crippen LogP contribution in [-0.4, -0.2) is 87.7 Å². The largest absolute Gasteiger partial charge is 0.384 e. The van der Waals surface area contributed by atoms with E-state index >= 15 is 0 Å². The Morgan fingerprint density at radius 3 is 2.31 bits per heavy atom. The number of rotatable bonds is 8. The zero-order valence-electron chi connectivity index (χ0n) is 18.5. The predicted octanol–water partition coefficient (Wildman–Crippen LogP) is 1.83. The van der Waals surface area contributed by atoms with Crippen LogP contribution in [0.5, 0.6) is 0 Å². The van der Waals surface area contributed by atoms with E-state index in [1.165, 1.54) is 31.5 Å². The molecule has 2 heterocycles. The minimum Gasteiger partial charge on any atom is -0.384 e. The topological polar surface area (TPSA) is 102 Å². The number of amides is 2. The van der Waals surface area contributed by atoms with Gasteiger partial charge < -0.3 is 20.4 Å². The van der Waals surface area contributed by atoms with Crippen molar-refractivity contribution in [2.45, 2.75) is 11.8 Å². The lowest BCUT2D eigenvalue weighted by Crippen LogP contribution is -2.51. The molecule has 174 valence electrons. The molecule has 1 aliphatic rings. The van der Waals surface area contributed by atoms with Crippen molar-refractivity contribution in [3.05, 3.63) is 40.6 Å². The van der Waals surface area contributed by atoms with Crippen LogP contribution in [0.15, 0.2) is 40.6 Å². The SMILES string of the molecule is CCNc1ccc(S(=O)(=O)N(C)C)cc1NCC(=O)N1CCN(C(=O)c2cccs2)CC1. The lowest BCUT2D eigenvalue weighted by molar-refractivity contribution is -0.130. The molecule has 9 nitrogen and oxygen atoms in total. The first-order valence-corrected chi connectivity index (χ1v) is 12.7. The van der Waals surface area contributed by atoms with Crippen molar-refractivity contribution in [3.8, 4) is 0 Å². The van der Waals surface area contributed by atoms with E-state index in [4.69, 9.17) is 0 Å². The lowest BCUT2D eigenvalue weighted by Gasteiger charge is -2.34. The minimum atomic E-state index is -3.59. The van der Waals surface area contributed by atoms with Gasteiger partial charge in [0.15, 0.2) is 0 Å². The van der Waals surface area contributed by atoms with Gasteiger partial charge in [-0.2, -0.15) is 0 Å². The molecule has 1 aromatic heterocycles. The summed E-state index contributed by atoms with van der Waals surface area (Å²) in [6.07, 6.45) is 0. The van der Waals surface area contributed by atoms with Gasteiger partial charge in [-0.05, 0) is 36.6 Å². The molecular weight excluding hydrogens is 450 g/mol. The first-order valence-electron chi connectivity index (χ1n) is 10.4. The van der Waals surface area contributed by atoms with Crippen molar-refractivity contribution in [2.75, 3.05) is 64.0 Å². The summed E-state index contributed by atoms with van der Waals surface area (Å²) in [7, 11) is -0.631. The second-order valence-electron chi connectivity index (χ2n) is 7.53. The van der Waals surface area contributed by atoms with Crippen LogP contribution in [0.4, 0.5) is 11.4 Å². The highest BCUT2D eigenvalue weighted by molar-refractivity contribution is 7.89. The lowest BCUT2D eigenvalue weighted by atomic mass is 10.2. The van der Waals surface area contributed by atoms with Crippen LogP contribution in [0.2, 0.25) is 0 Å². The standard InChI is InChI=1S/C21H29N5O4S2/c1-4-22-17-8-7-16(32(29,30)24(2)3)14-18(17)23-15-20(27)25-9-11-26(12-10-25)21(28)19-6-5-13-31-19/h5-8,13-14,22-23H,4,9-12,15H2,1-3H3. The van der Waals surface area contributed by atoms with Crippen LogP contribution in [0.1, 0.15) is 16.6 Å². The summed E-state index contributed by atoms with van der Waals surface area (Å²) >= 11 is 1.41. The highest BCUT2D eigenvalue weighted by Gasteiger charge is 2.25. The summed E-state index contributed by atoms with van der Waals surface area (Å²) in [4.78, 5) is 29.6. The molecule has 0 radical (unpaired) electrons. The van der Waals surface area contributed by atoms with E-state index in [9.17, 15) is 18.0 Å². The van der Waals surface area contributed by atoms with Gasteiger partial charge in [0, 0.05) is 46.8 Å². The molecule has 0 atom stereocenters. The third-order valence-corrected chi connectivity index (χ3v) is 7.89. The number of hydrogen-bond donors (Lipinski definition) is 2. The van der Waals surface area contributed by atoms with Gasteiger partial charge in [-0.15, -0.1) is 11.3 Å². The van der Waals surface area contributed by atoms with E-state index in [0.717, 1.165) is 9.99 Å². The zero-order valence-corrected chi connectivity index (χ0v) is 20.1. The number of carbonyl (C=O) groups excluding carboxylic acids is 2. The van der Waals surface area contributed by atoms with Gasteiger partial charge in [-0.3, -0.25) is 9.59 Å². The van der Waals surface area contributed by atoms with Gasteiger partial charge in [0.05, 0.1) is 27.7 Å². The maximum Gasteiger partial charge on any atom is 0.264 e. The number of nitrogens with zero attached hydrogens (tertiary/aromatic N) is 3. The molecule has 3 rings (SSSR count). The Balaban J connectivity index is 1.62. The molecule has 1 aliphatic heterocycles. The number of thiophene rings is 1. The van der Waals surface area contributed by atoms with Crippen molar-refractivity contribution in [3.63, 3.8) is 0 Å². The van der Waals surface area contributed by atoms with E-state index in [-0.39, 0.29) is 23.3 Å². The van der Waals surface area contributed by atoms with Gasteiger partial charge in [-0.1, -0.05) is 6.07 Å². The summed E-state index contributed by atoms with van der Waals surface area (Å²) in [5.74, 6) is -0.101. The molecule has 2 aromatic rings. The molecule has 32 heavy (non-hydrogen) atoms. The van der Waals surface area contributed by atoms with E-state index in [2.05, 4.69) is 10.6 Å². The van der Waals surface area contributed by atoms with E-state index < -0.39 is 10.0 Å². The van der Waals surface area contributed by atoms with Crippen LogP contribution >= 0.6 is 11.3 Å². The van der Waals surface area contributed by atoms with Crippen LogP contribution in [0, 0.1) is 0 Å². The molecule has 2 N–H and O–H groups in total. The second kappa shape index (κ2) is 10.3. The molecule has 0 aliphatic carbocycles. The number of sulfonamides is 1. The van der Waals surface area contributed by atoms with E-state index in [1.54, 1.807) is 28.0 Å². The van der Waals surface area contributed by atoms with Crippen LogP contribution in [0.3, 0.4) is 0 Å². The average molecular weight is 480 g/mol. The molecule has 1 fully saturated rings. The zero-order chi connectivity index (χ0) is 23.3. The second-order valence-corrected chi connectivity index (χ2v) is 10.6. The Bertz CT molecular complexity index is 1050. The molecule has 0 unspecified atom stereocenters. The Kier molecular flexibility index (Phi) is 7.75. The molecule has 1 aromatic carbocycles. The van der Waals surface area contributed by atoms with Crippen LogP contribution < -0.4 is 10.6 Å². The quantitative estimate of drug-likeness (QED) is 0.599. The van der Waals surface area contributed by atoms with Crippen molar-refractivity contribution >= 4 is 44.5 Å². The normalized spacial score (nSPS) is 14.5. The van der Waals surface area contributed by atoms with Gasteiger partial charge in [0.2, 0.25) is 15.9 Å². The summed E-state index contributed by atoms with van der Waals surface area (Å²) in [5.41, 5.74) is 1.28.